The first kappa shape index (κ1) is 14.7. The first-order valence-corrected chi connectivity index (χ1v) is 6.68. The Morgan fingerprint density at radius 1 is 1.35 bits per heavy atom. The van der Waals surface area contributed by atoms with E-state index in [1.807, 2.05) is 4.72 Å². The number of nitrogens with zero attached hydrogens (tertiary/aromatic N) is 1. The lowest BCUT2D eigenvalue weighted by Crippen LogP contribution is -2.52. The van der Waals surface area contributed by atoms with Gasteiger partial charge in [0.2, 0.25) is 0 Å². The van der Waals surface area contributed by atoms with Crippen LogP contribution in [0.2, 0.25) is 0 Å². The zero-order valence-corrected chi connectivity index (χ0v) is 10.2. The molecule has 0 atom stereocenters. The van der Waals surface area contributed by atoms with Crippen molar-refractivity contribution in [2.75, 3.05) is 26.7 Å². The van der Waals surface area contributed by atoms with Crippen molar-refractivity contribution >= 4 is 10.2 Å². The van der Waals surface area contributed by atoms with E-state index in [0.29, 0.717) is 30.2 Å². The van der Waals surface area contributed by atoms with Crippen LogP contribution in [0.15, 0.2) is 0 Å². The van der Waals surface area contributed by atoms with Gasteiger partial charge in [0.15, 0.2) is 0 Å². The Balaban J connectivity index is 2.85. The third-order valence-electron chi connectivity index (χ3n) is 2.62. The molecule has 0 unspecified atom stereocenters. The van der Waals surface area contributed by atoms with Gasteiger partial charge in [-0.05, 0) is 25.9 Å². The molecule has 1 aliphatic heterocycles. The van der Waals surface area contributed by atoms with Gasteiger partial charge in [0.05, 0.1) is 0 Å². The topological polar surface area (TPSA) is 61.4 Å². The van der Waals surface area contributed by atoms with Gasteiger partial charge in [0, 0.05) is 13.1 Å². The second-order valence-electron chi connectivity index (χ2n) is 3.85. The Labute approximate surface area is 98.5 Å². The number of piperidine rings is 1. The van der Waals surface area contributed by atoms with Crippen LogP contribution >= 0.6 is 0 Å². The quantitative estimate of drug-likeness (QED) is 0.763. The molecule has 0 aromatic heterocycles. The standard InChI is InChI=1S/C8H16F3N3O2S/c1-12-17(15,16)14(6-8(9,10)11)7-2-4-13-5-3-7/h7,12-13H,2-6H2,1H3. The summed E-state index contributed by atoms with van der Waals surface area (Å²) in [7, 11) is -2.95. The van der Waals surface area contributed by atoms with Crippen molar-refractivity contribution in [3.8, 4) is 0 Å². The molecule has 0 saturated carbocycles. The lowest BCUT2D eigenvalue weighted by Gasteiger charge is -2.33. The summed E-state index contributed by atoms with van der Waals surface area (Å²) in [6, 6.07) is -0.602. The molecule has 2 N–H and O–H groups in total. The summed E-state index contributed by atoms with van der Waals surface area (Å²) in [5.74, 6) is 0. The smallest absolute Gasteiger partial charge is 0.317 e. The van der Waals surface area contributed by atoms with Crippen molar-refractivity contribution in [1.82, 2.24) is 14.3 Å². The highest BCUT2D eigenvalue weighted by molar-refractivity contribution is 7.87. The summed E-state index contributed by atoms with van der Waals surface area (Å²) in [5.41, 5.74) is 0. The zero-order valence-electron chi connectivity index (χ0n) is 9.42. The van der Waals surface area contributed by atoms with Crippen LogP contribution in [-0.2, 0) is 10.2 Å². The third-order valence-corrected chi connectivity index (χ3v) is 4.18. The number of hydrogen-bond acceptors (Lipinski definition) is 3. The van der Waals surface area contributed by atoms with Crippen LogP contribution in [-0.4, -0.2) is 51.6 Å². The Morgan fingerprint density at radius 2 is 1.88 bits per heavy atom. The molecule has 1 fully saturated rings. The van der Waals surface area contributed by atoms with Crippen molar-refractivity contribution in [3.05, 3.63) is 0 Å². The minimum atomic E-state index is -4.53. The molecule has 0 radical (unpaired) electrons. The van der Waals surface area contributed by atoms with Crippen molar-refractivity contribution < 1.29 is 21.6 Å². The molecule has 102 valence electrons. The molecule has 0 aromatic carbocycles. The van der Waals surface area contributed by atoms with E-state index in [-0.39, 0.29) is 0 Å². The van der Waals surface area contributed by atoms with Crippen molar-refractivity contribution in [2.45, 2.75) is 25.1 Å². The van der Waals surface area contributed by atoms with Crippen molar-refractivity contribution in [2.24, 2.45) is 0 Å². The first-order chi connectivity index (χ1) is 7.76. The third kappa shape index (κ3) is 4.41. The minimum absolute atomic E-state index is 0.386. The van der Waals surface area contributed by atoms with Crippen LogP contribution in [0.5, 0.6) is 0 Å². The van der Waals surface area contributed by atoms with Crippen LogP contribution in [0.1, 0.15) is 12.8 Å². The summed E-state index contributed by atoms with van der Waals surface area (Å²) in [5, 5.41) is 2.98. The summed E-state index contributed by atoms with van der Waals surface area (Å²) in [4.78, 5) is 0. The lowest BCUT2D eigenvalue weighted by atomic mass is 10.1. The number of alkyl halides is 3. The van der Waals surface area contributed by atoms with E-state index in [4.69, 9.17) is 0 Å². The monoisotopic (exact) mass is 275 g/mol. The molecule has 0 spiro atoms. The van der Waals surface area contributed by atoms with Gasteiger partial charge in [0.1, 0.15) is 6.54 Å². The van der Waals surface area contributed by atoms with Crippen molar-refractivity contribution in [1.29, 1.82) is 0 Å². The molecular formula is C8H16F3N3O2S. The maximum atomic E-state index is 12.4. The maximum absolute atomic E-state index is 12.4. The summed E-state index contributed by atoms with van der Waals surface area (Å²) in [6.07, 6.45) is -3.76. The molecule has 5 nitrogen and oxygen atoms in total. The second kappa shape index (κ2) is 5.51. The molecule has 1 heterocycles. The van der Waals surface area contributed by atoms with E-state index in [1.54, 1.807) is 0 Å². The first-order valence-electron chi connectivity index (χ1n) is 5.24. The Morgan fingerprint density at radius 3 is 2.29 bits per heavy atom. The Kier molecular flexibility index (Phi) is 4.76. The van der Waals surface area contributed by atoms with E-state index in [1.165, 1.54) is 0 Å². The molecule has 0 amide bonds. The van der Waals surface area contributed by atoms with Gasteiger partial charge < -0.3 is 5.32 Å². The highest BCUT2D eigenvalue weighted by Crippen LogP contribution is 2.23. The molecule has 0 aromatic rings. The molecule has 0 bridgehead atoms. The van der Waals surface area contributed by atoms with Crippen LogP contribution in [0.25, 0.3) is 0 Å². The van der Waals surface area contributed by atoms with Crippen molar-refractivity contribution in [3.63, 3.8) is 0 Å². The van der Waals surface area contributed by atoms with Gasteiger partial charge in [0.25, 0.3) is 10.2 Å². The molecule has 1 aliphatic rings. The Hall–Kier alpha value is -0.380. The maximum Gasteiger partial charge on any atom is 0.402 e. The average Bonchev–Trinajstić information content (AvgIpc) is 2.26. The fraction of sp³-hybridized carbons (Fsp3) is 1.00. The number of rotatable bonds is 4. The molecule has 17 heavy (non-hydrogen) atoms. The summed E-state index contributed by atoms with van der Waals surface area (Å²) in [6.45, 7) is -0.392. The normalized spacial score (nSPS) is 19.8. The van der Waals surface area contributed by atoms with E-state index in [9.17, 15) is 21.6 Å². The van der Waals surface area contributed by atoms with Gasteiger partial charge in [-0.3, -0.25) is 0 Å². The number of halogens is 3. The highest BCUT2D eigenvalue weighted by Gasteiger charge is 2.39. The molecule has 0 aliphatic carbocycles. The van der Waals surface area contributed by atoms with Gasteiger partial charge >= 0.3 is 6.18 Å². The van der Waals surface area contributed by atoms with Crippen LogP contribution in [0, 0.1) is 0 Å². The summed E-state index contributed by atoms with van der Waals surface area (Å²) >= 11 is 0. The van der Waals surface area contributed by atoms with E-state index in [0.717, 1.165) is 7.05 Å². The van der Waals surface area contributed by atoms with Gasteiger partial charge in [-0.15, -0.1) is 0 Å². The largest absolute Gasteiger partial charge is 0.402 e. The predicted octanol–water partition coefficient (Wildman–Crippen LogP) is 0.0669. The van der Waals surface area contributed by atoms with E-state index < -0.39 is 29.0 Å². The predicted molar refractivity (Wildman–Crippen MR) is 56.6 cm³/mol. The zero-order chi connectivity index (χ0) is 13.1. The molecular weight excluding hydrogens is 259 g/mol. The SMILES string of the molecule is CNS(=O)(=O)N(CC(F)(F)F)C1CCNCC1. The van der Waals surface area contributed by atoms with Gasteiger partial charge in [-0.25, -0.2) is 4.72 Å². The van der Waals surface area contributed by atoms with Crippen LogP contribution in [0.3, 0.4) is 0 Å². The van der Waals surface area contributed by atoms with Gasteiger partial charge in [-0.2, -0.15) is 25.9 Å². The molecule has 1 saturated heterocycles. The molecule has 1 rings (SSSR count). The fourth-order valence-electron chi connectivity index (χ4n) is 1.80. The minimum Gasteiger partial charge on any atom is -0.317 e. The van der Waals surface area contributed by atoms with E-state index >= 15 is 0 Å². The van der Waals surface area contributed by atoms with Crippen LogP contribution in [0.4, 0.5) is 13.2 Å². The Bertz CT molecular complexity index is 338. The number of hydrogen-bond donors (Lipinski definition) is 2. The highest BCUT2D eigenvalue weighted by atomic mass is 32.2. The lowest BCUT2D eigenvalue weighted by molar-refractivity contribution is -0.140. The van der Waals surface area contributed by atoms with E-state index in [2.05, 4.69) is 5.32 Å². The average molecular weight is 275 g/mol. The fourth-order valence-corrected chi connectivity index (χ4v) is 2.95. The molecule has 9 heteroatoms. The van der Waals surface area contributed by atoms with Crippen LogP contribution < -0.4 is 10.0 Å². The van der Waals surface area contributed by atoms with Gasteiger partial charge in [-0.1, -0.05) is 0 Å². The second-order valence-corrected chi connectivity index (χ2v) is 5.68. The summed E-state index contributed by atoms with van der Waals surface area (Å²) < 4.78 is 62.7. The number of nitrogens with one attached hydrogen (secondary N) is 2.